The number of hydrogen-bond acceptors (Lipinski definition) is 4. The van der Waals surface area contributed by atoms with Crippen molar-refractivity contribution in [3.05, 3.63) is 29.8 Å². The van der Waals surface area contributed by atoms with Crippen LogP contribution in [0.25, 0.3) is 5.57 Å². The number of ether oxygens (including phenoxy) is 1. The lowest BCUT2D eigenvalue weighted by atomic mass is 10.00. The van der Waals surface area contributed by atoms with E-state index in [9.17, 15) is 8.42 Å². The normalized spacial score (nSPS) is 19.3. The molecule has 0 saturated heterocycles. The summed E-state index contributed by atoms with van der Waals surface area (Å²) in [4.78, 5) is 0.233. The maximum Gasteiger partial charge on any atom is 0.240 e. The largest absolute Gasteiger partial charge is 0.398 e. The van der Waals surface area contributed by atoms with Gasteiger partial charge in [0.2, 0.25) is 10.0 Å². The molecule has 1 aliphatic carbocycles. The average molecular weight is 308 g/mol. The van der Waals surface area contributed by atoms with E-state index in [1.807, 2.05) is 6.08 Å². The zero-order valence-corrected chi connectivity index (χ0v) is 12.7. The van der Waals surface area contributed by atoms with Crippen molar-refractivity contribution in [1.82, 2.24) is 4.72 Å². The van der Waals surface area contributed by atoms with Gasteiger partial charge in [-0.1, -0.05) is 12.1 Å². The number of benzene rings is 1. The molecule has 1 saturated carbocycles. The summed E-state index contributed by atoms with van der Waals surface area (Å²) >= 11 is 0. The molecule has 3 N–H and O–H groups in total. The second kappa shape index (κ2) is 5.79. The Bertz CT molecular complexity index is 663. The Morgan fingerprint density at radius 2 is 2.14 bits per heavy atom. The van der Waals surface area contributed by atoms with E-state index in [0.717, 1.165) is 30.4 Å². The molecule has 0 spiro atoms. The van der Waals surface area contributed by atoms with E-state index in [0.29, 0.717) is 31.4 Å². The highest BCUT2D eigenvalue weighted by Gasteiger charge is 2.24. The molecule has 1 aromatic rings. The number of nitrogen functional groups attached to an aromatic ring is 1. The molecule has 5 nitrogen and oxygen atoms in total. The lowest BCUT2D eigenvalue weighted by Crippen LogP contribution is -2.26. The quantitative estimate of drug-likeness (QED) is 0.812. The Balaban J connectivity index is 1.81. The van der Waals surface area contributed by atoms with Gasteiger partial charge in [0.05, 0.1) is 18.1 Å². The smallest absolute Gasteiger partial charge is 0.240 e. The van der Waals surface area contributed by atoms with Gasteiger partial charge in [-0.05, 0) is 42.9 Å². The Hall–Kier alpha value is -1.37. The van der Waals surface area contributed by atoms with Crippen molar-refractivity contribution < 1.29 is 13.2 Å². The molecule has 21 heavy (non-hydrogen) atoms. The summed E-state index contributed by atoms with van der Waals surface area (Å²) < 4.78 is 32.3. The van der Waals surface area contributed by atoms with Crippen LogP contribution >= 0.6 is 0 Å². The van der Waals surface area contributed by atoms with Crippen molar-refractivity contribution in [3.63, 3.8) is 0 Å². The fourth-order valence-electron chi connectivity index (χ4n) is 2.40. The first kappa shape index (κ1) is 14.6. The molecular weight excluding hydrogens is 288 g/mol. The summed E-state index contributed by atoms with van der Waals surface area (Å²) in [5.41, 5.74) is 8.56. The van der Waals surface area contributed by atoms with Gasteiger partial charge in [0.25, 0.3) is 0 Å². The Morgan fingerprint density at radius 1 is 1.33 bits per heavy atom. The molecule has 1 aromatic carbocycles. The van der Waals surface area contributed by atoms with E-state index in [1.165, 1.54) is 0 Å². The van der Waals surface area contributed by atoms with Crippen molar-refractivity contribution in [2.45, 2.75) is 24.2 Å². The summed E-state index contributed by atoms with van der Waals surface area (Å²) in [7, 11) is -3.46. The van der Waals surface area contributed by atoms with E-state index in [1.54, 1.807) is 18.2 Å². The molecule has 0 amide bonds. The average Bonchev–Trinajstić information content (AvgIpc) is 3.30. The molecule has 0 unspecified atom stereocenters. The standard InChI is InChI=1S/C15H20N2O3S/c16-15-9-13(21(18,19)17-10-11-1-2-11)3-4-14(15)12-5-7-20-8-6-12/h3-5,9,11,17H,1-2,6-8,10,16H2. The van der Waals surface area contributed by atoms with Gasteiger partial charge in [-0.15, -0.1) is 0 Å². The number of nitrogens with two attached hydrogens (primary N) is 1. The van der Waals surface area contributed by atoms with Gasteiger partial charge in [0, 0.05) is 17.8 Å². The second-order valence-electron chi connectivity index (χ2n) is 5.60. The molecule has 3 rings (SSSR count). The van der Waals surface area contributed by atoms with Crippen LogP contribution in [-0.4, -0.2) is 28.2 Å². The Kier molecular flexibility index (Phi) is 4.01. The van der Waals surface area contributed by atoms with Crippen molar-refractivity contribution in [2.75, 3.05) is 25.5 Å². The first-order valence-corrected chi connectivity index (χ1v) is 8.71. The van der Waals surface area contributed by atoms with Crippen LogP contribution in [-0.2, 0) is 14.8 Å². The monoisotopic (exact) mass is 308 g/mol. The van der Waals surface area contributed by atoms with Crippen LogP contribution < -0.4 is 10.5 Å². The number of hydrogen-bond donors (Lipinski definition) is 2. The molecule has 6 heteroatoms. The lowest BCUT2D eigenvalue weighted by Gasteiger charge is -2.16. The number of nitrogens with one attached hydrogen (secondary N) is 1. The third-order valence-corrected chi connectivity index (χ3v) is 5.32. The van der Waals surface area contributed by atoms with Gasteiger partial charge < -0.3 is 10.5 Å². The highest BCUT2D eigenvalue weighted by molar-refractivity contribution is 7.89. The molecule has 1 aliphatic heterocycles. The van der Waals surface area contributed by atoms with Gasteiger partial charge in [0.15, 0.2) is 0 Å². The second-order valence-corrected chi connectivity index (χ2v) is 7.37. The van der Waals surface area contributed by atoms with Crippen LogP contribution in [0.2, 0.25) is 0 Å². The molecule has 0 atom stereocenters. The number of anilines is 1. The molecule has 0 radical (unpaired) electrons. The first-order chi connectivity index (χ1) is 10.1. The first-order valence-electron chi connectivity index (χ1n) is 7.22. The fraction of sp³-hybridized carbons (Fsp3) is 0.467. The van der Waals surface area contributed by atoms with E-state index in [2.05, 4.69) is 4.72 Å². The molecule has 2 aliphatic rings. The third-order valence-electron chi connectivity index (χ3n) is 3.90. The van der Waals surface area contributed by atoms with Gasteiger partial charge >= 0.3 is 0 Å². The van der Waals surface area contributed by atoms with Gasteiger partial charge in [-0.2, -0.15) is 0 Å². The highest BCUT2D eigenvalue weighted by Crippen LogP contribution is 2.30. The number of sulfonamides is 1. The molecule has 0 aromatic heterocycles. The van der Waals surface area contributed by atoms with Crippen LogP contribution in [0.4, 0.5) is 5.69 Å². The van der Waals surface area contributed by atoms with Gasteiger partial charge in [-0.25, -0.2) is 13.1 Å². The van der Waals surface area contributed by atoms with Crippen molar-refractivity contribution in [3.8, 4) is 0 Å². The van der Waals surface area contributed by atoms with Gasteiger partial charge in [-0.3, -0.25) is 0 Å². The minimum atomic E-state index is -3.46. The molecule has 1 fully saturated rings. The van der Waals surface area contributed by atoms with E-state index >= 15 is 0 Å². The SMILES string of the molecule is Nc1cc(S(=O)(=O)NCC2CC2)ccc1C1=CCOCC1. The molecule has 1 heterocycles. The van der Waals surface area contributed by atoms with Crippen molar-refractivity contribution in [2.24, 2.45) is 5.92 Å². The van der Waals surface area contributed by atoms with E-state index in [4.69, 9.17) is 10.5 Å². The van der Waals surface area contributed by atoms with Crippen molar-refractivity contribution in [1.29, 1.82) is 0 Å². The minimum Gasteiger partial charge on any atom is -0.398 e. The molecular formula is C15H20N2O3S. The van der Waals surface area contributed by atoms with Crippen molar-refractivity contribution >= 4 is 21.3 Å². The summed E-state index contributed by atoms with van der Waals surface area (Å²) in [5.74, 6) is 0.504. The van der Waals surface area contributed by atoms with Crippen LogP contribution in [0.15, 0.2) is 29.2 Å². The topological polar surface area (TPSA) is 81.4 Å². The predicted octanol–water partition coefficient (Wildman–Crippen LogP) is 1.76. The number of rotatable bonds is 5. The maximum atomic E-state index is 12.2. The summed E-state index contributed by atoms with van der Waals surface area (Å²) in [6, 6.07) is 4.95. The lowest BCUT2D eigenvalue weighted by molar-refractivity contribution is 0.161. The van der Waals surface area contributed by atoms with E-state index in [-0.39, 0.29) is 4.90 Å². The van der Waals surface area contributed by atoms with Crippen LogP contribution in [0, 0.1) is 5.92 Å². The van der Waals surface area contributed by atoms with E-state index < -0.39 is 10.0 Å². The summed E-state index contributed by atoms with van der Waals surface area (Å²) in [5, 5.41) is 0. The van der Waals surface area contributed by atoms with Crippen LogP contribution in [0.1, 0.15) is 24.8 Å². The maximum absolute atomic E-state index is 12.2. The third kappa shape index (κ3) is 3.45. The zero-order valence-electron chi connectivity index (χ0n) is 11.8. The Morgan fingerprint density at radius 3 is 2.76 bits per heavy atom. The molecule has 0 bridgehead atoms. The zero-order chi connectivity index (χ0) is 14.9. The minimum absolute atomic E-state index is 0.233. The van der Waals surface area contributed by atoms with Gasteiger partial charge in [0.1, 0.15) is 0 Å². The molecule has 114 valence electrons. The predicted molar refractivity (Wildman–Crippen MR) is 82.2 cm³/mol. The fourth-order valence-corrected chi connectivity index (χ4v) is 3.56. The van der Waals surface area contributed by atoms with Crippen LogP contribution in [0.5, 0.6) is 0 Å². The van der Waals surface area contributed by atoms with Crippen LogP contribution in [0.3, 0.4) is 0 Å². The Labute approximate surface area is 125 Å². The summed E-state index contributed by atoms with van der Waals surface area (Å²) in [6.45, 7) is 1.78. The highest BCUT2D eigenvalue weighted by atomic mass is 32.2. The summed E-state index contributed by atoms with van der Waals surface area (Å²) in [6.07, 6.45) is 5.02.